The molecule has 0 aromatic heterocycles. The molecule has 0 unspecified atom stereocenters. The Balaban J connectivity index is 0. The third-order valence-electron chi connectivity index (χ3n) is 1.68. The number of rotatable bonds is 8. The molecule has 0 saturated heterocycles. The third kappa shape index (κ3) is 11.4. The van der Waals surface area contributed by atoms with Crippen LogP contribution in [-0.4, -0.2) is 23.6 Å². The van der Waals surface area contributed by atoms with E-state index in [1.54, 1.807) is 13.8 Å². The summed E-state index contributed by atoms with van der Waals surface area (Å²) >= 11 is 12.1. The normalized spacial score (nSPS) is 14.7. The van der Waals surface area contributed by atoms with Crippen LogP contribution in [0.5, 0.6) is 0 Å². The summed E-state index contributed by atoms with van der Waals surface area (Å²) in [6, 6.07) is 0. The smallest absolute Gasteiger partial charge is 0 e. The average Bonchev–Trinajstić information content (AvgIpc) is 2.11. The van der Waals surface area contributed by atoms with Crippen molar-refractivity contribution in [2.75, 3.05) is 19.8 Å². The minimum atomic E-state index is -4.71. The molecule has 18 heavy (non-hydrogen) atoms. The number of hydrogen-bond donors (Lipinski definition) is 0. The second-order valence-corrected chi connectivity index (χ2v) is 15.7. The molecule has 0 heterocycles. The zero-order valence-electron chi connectivity index (χ0n) is 10.2. The molecule has 0 aliphatic heterocycles. The minimum Gasteiger partial charge on any atom is 0 e. The van der Waals surface area contributed by atoms with E-state index >= 15 is 0 Å². The number of halogens is 5. The van der Waals surface area contributed by atoms with Gasteiger partial charge in [0.2, 0.25) is 0 Å². The Bertz CT molecular complexity index is 227. The van der Waals surface area contributed by atoms with E-state index in [1.807, 2.05) is 0 Å². The summed E-state index contributed by atoms with van der Waals surface area (Å²) in [5.74, 6) is 0. The van der Waals surface area contributed by atoms with Crippen LogP contribution in [0, 0.1) is 0 Å². The van der Waals surface area contributed by atoms with Gasteiger partial charge in [-0.3, -0.25) is 0 Å². The van der Waals surface area contributed by atoms with Gasteiger partial charge in [0.25, 0.3) is 0 Å². The second-order valence-electron chi connectivity index (χ2n) is 3.22. The monoisotopic (exact) mass is 431 g/mol. The first-order valence-electron chi connectivity index (χ1n) is 5.19. The average molecular weight is 433 g/mol. The molecule has 0 aliphatic carbocycles. The Morgan fingerprint density at radius 3 is 1.72 bits per heavy atom. The van der Waals surface area contributed by atoms with Crippen molar-refractivity contribution in [1.82, 2.24) is 0 Å². The summed E-state index contributed by atoms with van der Waals surface area (Å²) in [4.78, 5) is 0. The summed E-state index contributed by atoms with van der Waals surface area (Å²) in [6.45, 7) is 4.37. The first-order chi connectivity index (χ1) is 7.61. The summed E-state index contributed by atoms with van der Waals surface area (Å²) in [5.41, 5.74) is 0. The Kier molecular flexibility index (Phi) is 12.4. The van der Waals surface area contributed by atoms with Crippen LogP contribution in [0.3, 0.4) is 0 Å². The molecule has 0 aliphatic rings. The number of alkyl halides is 3. The van der Waals surface area contributed by atoms with Crippen molar-refractivity contribution >= 4 is 53.4 Å². The van der Waals surface area contributed by atoms with E-state index in [4.69, 9.17) is 63.4 Å². The Labute approximate surface area is 148 Å². The summed E-state index contributed by atoms with van der Waals surface area (Å²) in [7, 11) is 12.3. The van der Waals surface area contributed by atoms with E-state index in [-0.39, 0.29) is 28.3 Å². The van der Waals surface area contributed by atoms with Gasteiger partial charge >= 0.3 is 128 Å². The van der Waals surface area contributed by atoms with Crippen LogP contribution >= 0.6 is 53.4 Å². The fourth-order valence-corrected chi connectivity index (χ4v) is 6.46. The first-order valence-corrected chi connectivity index (χ1v) is 12.5. The van der Waals surface area contributed by atoms with Crippen LogP contribution in [0.15, 0.2) is 0 Å². The standard InChI is InChI=1S/C4H6Cl3O.2C2H5O.2ClH.2Ti/c5-4(6,7)2-1-3-8;2*1-2-3;;;;/h1-3H2;2*2H2,1H3;2*1H;;/q3*-1;;;;+5/p-2. The summed E-state index contributed by atoms with van der Waals surface area (Å²) in [6.07, 6.45) is 0.835. The van der Waals surface area contributed by atoms with Crippen LogP contribution < -0.4 is 0 Å². The van der Waals surface area contributed by atoms with Gasteiger partial charge in [-0.15, -0.1) is 0 Å². The fraction of sp³-hybridized carbons (Fsp3) is 1.00. The maximum atomic E-state index is 6.14. The van der Waals surface area contributed by atoms with E-state index in [0.717, 1.165) is 0 Å². The number of hydrogen-bond acceptors (Lipinski definition) is 3. The van der Waals surface area contributed by atoms with Crippen LogP contribution in [0.2, 0.25) is 0 Å². The van der Waals surface area contributed by atoms with Gasteiger partial charge in [-0.25, -0.2) is 0 Å². The predicted octanol–water partition coefficient (Wildman–Crippen LogP) is 4.97. The van der Waals surface area contributed by atoms with Crippen LogP contribution in [-0.2, 0) is 46.0 Å². The molecule has 0 saturated carbocycles. The molecule has 0 aromatic rings. The SMILES string of the molecule is CC[O][Ti]([Cl])([Cl])([O]CC)[O]CCCC(Cl)(Cl)Cl.[Ti]. The first kappa shape index (κ1) is 23.0. The maximum Gasteiger partial charge on any atom is 0 e. The van der Waals surface area contributed by atoms with E-state index < -0.39 is 18.1 Å². The predicted molar refractivity (Wildman–Crippen MR) is 70.4 cm³/mol. The fourth-order valence-electron chi connectivity index (χ4n) is 1.08. The molecule has 3 nitrogen and oxygen atoms in total. The molecule has 0 aromatic carbocycles. The van der Waals surface area contributed by atoms with E-state index in [1.165, 1.54) is 0 Å². The quantitative estimate of drug-likeness (QED) is 0.308. The molecule has 0 spiro atoms. The topological polar surface area (TPSA) is 27.7 Å². The Morgan fingerprint density at radius 1 is 0.944 bits per heavy atom. The van der Waals surface area contributed by atoms with Gasteiger partial charge in [-0.1, -0.05) is 0 Å². The largest absolute Gasteiger partial charge is 0 e. The van der Waals surface area contributed by atoms with Crippen LogP contribution in [0.25, 0.3) is 0 Å². The molecule has 0 radical (unpaired) electrons. The van der Waals surface area contributed by atoms with Crippen molar-refractivity contribution in [2.24, 2.45) is 0 Å². The van der Waals surface area contributed by atoms with E-state index in [2.05, 4.69) is 0 Å². The van der Waals surface area contributed by atoms with Gasteiger partial charge in [-0.2, -0.15) is 0 Å². The van der Waals surface area contributed by atoms with Crippen molar-refractivity contribution in [3.05, 3.63) is 0 Å². The minimum absolute atomic E-state index is 0. The van der Waals surface area contributed by atoms with Crippen molar-refractivity contribution in [3.63, 3.8) is 0 Å². The zero-order chi connectivity index (χ0) is 13.6. The third-order valence-corrected chi connectivity index (χ3v) is 8.29. The van der Waals surface area contributed by atoms with Gasteiger partial charge in [0.15, 0.2) is 0 Å². The van der Waals surface area contributed by atoms with E-state index in [9.17, 15) is 0 Å². The molecule has 0 N–H and O–H groups in total. The molecule has 0 bridgehead atoms. The molecule has 0 amide bonds. The molecular weight excluding hydrogens is 417 g/mol. The van der Waals surface area contributed by atoms with Crippen molar-refractivity contribution < 1.29 is 46.0 Å². The maximum absolute atomic E-state index is 6.14. The Morgan fingerprint density at radius 2 is 1.39 bits per heavy atom. The Hall–Kier alpha value is 2.76. The van der Waals surface area contributed by atoms with Gasteiger partial charge < -0.3 is 0 Å². The molecule has 0 rings (SSSR count). The summed E-state index contributed by atoms with van der Waals surface area (Å²) in [5, 5.41) is 0. The van der Waals surface area contributed by atoms with Crippen LogP contribution in [0.4, 0.5) is 0 Å². The molecule has 0 atom stereocenters. The zero-order valence-corrected chi connectivity index (χ0v) is 17.1. The van der Waals surface area contributed by atoms with Gasteiger partial charge in [0.05, 0.1) is 0 Å². The molecule has 0 fully saturated rings. The summed E-state index contributed by atoms with van der Waals surface area (Å²) < 4.78 is 14.6. The van der Waals surface area contributed by atoms with Gasteiger partial charge in [-0.05, 0) is 0 Å². The molecular formula is C8H16Cl5O3Ti2. The second kappa shape index (κ2) is 9.71. The molecule has 10 heteroatoms. The molecule has 109 valence electrons. The van der Waals surface area contributed by atoms with E-state index in [0.29, 0.717) is 26.1 Å². The van der Waals surface area contributed by atoms with Crippen molar-refractivity contribution in [2.45, 2.75) is 30.5 Å². The van der Waals surface area contributed by atoms with Crippen LogP contribution in [0.1, 0.15) is 26.7 Å². The van der Waals surface area contributed by atoms with Gasteiger partial charge in [0.1, 0.15) is 0 Å². The van der Waals surface area contributed by atoms with Crippen molar-refractivity contribution in [3.8, 4) is 0 Å². The van der Waals surface area contributed by atoms with Gasteiger partial charge in [0, 0.05) is 21.7 Å². The van der Waals surface area contributed by atoms with Crippen molar-refractivity contribution in [1.29, 1.82) is 0 Å².